The second kappa shape index (κ2) is 4.60. The summed E-state index contributed by atoms with van der Waals surface area (Å²) in [5.41, 5.74) is 0.843. The van der Waals surface area contributed by atoms with Crippen LogP contribution in [-0.4, -0.2) is 14.0 Å². The first-order valence-electron chi connectivity index (χ1n) is 9.09. The van der Waals surface area contributed by atoms with Crippen LogP contribution in [0.15, 0.2) is 30.3 Å². The zero-order chi connectivity index (χ0) is 15.7. The average Bonchev–Trinajstić information content (AvgIpc) is 3.27. The van der Waals surface area contributed by atoms with Crippen LogP contribution in [-0.2, 0) is 14.8 Å². The molecule has 4 heteroatoms. The Kier molecular flexibility index (Phi) is 2.90. The van der Waals surface area contributed by atoms with E-state index in [1.807, 2.05) is 30.3 Å². The monoisotopic (exact) mass is 331 g/mol. The Morgan fingerprint density at radius 2 is 1.39 bits per heavy atom. The quantitative estimate of drug-likeness (QED) is 0.917. The van der Waals surface area contributed by atoms with Gasteiger partial charge in [-0.25, -0.2) is 13.1 Å². The Labute approximate surface area is 138 Å². The summed E-state index contributed by atoms with van der Waals surface area (Å²) >= 11 is 0. The van der Waals surface area contributed by atoms with Crippen molar-refractivity contribution in [1.82, 2.24) is 4.72 Å². The molecule has 3 nitrogen and oxygen atoms in total. The highest BCUT2D eigenvalue weighted by atomic mass is 32.2. The minimum Gasteiger partial charge on any atom is -0.211 e. The molecule has 23 heavy (non-hydrogen) atoms. The normalized spacial score (nSPS) is 40.3. The third kappa shape index (κ3) is 2.14. The van der Waals surface area contributed by atoms with Crippen molar-refractivity contribution in [3.05, 3.63) is 35.9 Å². The van der Waals surface area contributed by atoms with Crippen LogP contribution < -0.4 is 4.72 Å². The summed E-state index contributed by atoms with van der Waals surface area (Å²) < 4.78 is 29.2. The fourth-order valence-corrected chi connectivity index (χ4v) is 8.29. The maximum atomic E-state index is 13.3. The molecule has 0 unspecified atom stereocenters. The van der Waals surface area contributed by atoms with Crippen molar-refractivity contribution in [2.24, 2.45) is 17.8 Å². The predicted octanol–water partition coefficient (Wildman–Crippen LogP) is 3.56. The lowest BCUT2D eigenvalue weighted by molar-refractivity contribution is -0.00828. The molecule has 4 bridgehead atoms. The number of rotatable bonds is 4. The summed E-state index contributed by atoms with van der Waals surface area (Å²) in [5, 5.41) is 0. The van der Waals surface area contributed by atoms with E-state index in [0.29, 0.717) is 0 Å². The standard InChI is InChI=1S/C19H25NO2S/c21-23(22,19(6-7-19)17-4-2-1-3-5-17)20-18-11-14-8-15(12-18)10-16(9-14)13-18/h1-5,14-16,20H,6-13H2. The van der Waals surface area contributed by atoms with E-state index in [0.717, 1.165) is 55.4 Å². The zero-order valence-electron chi connectivity index (χ0n) is 13.5. The molecular weight excluding hydrogens is 306 g/mol. The van der Waals surface area contributed by atoms with E-state index in [4.69, 9.17) is 0 Å². The van der Waals surface area contributed by atoms with E-state index in [1.54, 1.807) is 0 Å². The Balaban J connectivity index is 1.46. The molecule has 1 aromatic carbocycles. The summed E-state index contributed by atoms with van der Waals surface area (Å²) in [7, 11) is -3.31. The lowest BCUT2D eigenvalue weighted by Crippen LogP contribution is -2.61. The smallest absolute Gasteiger partial charge is 0.211 e. The van der Waals surface area contributed by atoms with E-state index >= 15 is 0 Å². The fourth-order valence-electron chi connectivity index (χ4n) is 6.19. The summed E-state index contributed by atoms with van der Waals surface area (Å²) in [6.45, 7) is 0. The van der Waals surface area contributed by atoms with Gasteiger partial charge < -0.3 is 0 Å². The molecular formula is C19H25NO2S. The van der Waals surface area contributed by atoms with Crippen LogP contribution >= 0.6 is 0 Å². The van der Waals surface area contributed by atoms with Crippen LogP contribution in [0.25, 0.3) is 0 Å². The molecule has 0 heterocycles. The van der Waals surface area contributed by atoms with Crippen molar-refractivity contribution < 1.29 is 8.42 Å². The minimum absolute atomic E-state index is 0.127. The lowest BCUT2D eigenvalue weighted by Gasteiger charge is -2.56. The summed E-state index contributed by atoms with van der Waals surface area (Å²) in [4.78, 5) is 0. The van der Waals surface area contributed by atoms with Gasteiger partial charge in [0.25, 0.3) is 0 Å². The highest BCUT2D eigenvalue weighted by molar-refractivity contribution is 7.90. The van der Waals surface area contributed by atoms with Crippen molar-refractivity contribution in [3.8, 4) is 0 Å². The highest BCUT2D eigenvalue weighted by Crippen LogP contribution is 2.58. The molecule has 6 rings (SSSR count). The first kappa shape index (κ1) is 14.5. The van der Waals surface area contributed by atoms with Gasteiger partial charge in [-0.2, -0.15) is 0 Å². The molecule has 124 valence electrons. The highest BCUT2D eigenvalue weighted by Gasteiger charge is 2.60. The van der Waals surface area contributed by atoms with Crippen molar-refractivity contribution in [2.45, 2.75) is 61.7 Å². The van der Waals surface area contributed by atoms with Gasteiger partial charge in [-0.3, -0.25) is 0 Å². The molecule has 0 aliphatic heterocycles. The number of hydrogen-bond acceptors (Lipinski definition) is 2. The Hall–Kier alpha value is -0.870. The van der Waals surface area contributed by atoms with Crippen molar-refractivity contribution in [1.29, 1.82) is 0 Å². The lowest BCUT2D eigenvalue weighted by atomic mass is 9.53. The first-order valence-corrected chi connectivity index (χ1v) is 10.6. The van der Waals surface area contributed by atoms with Gasteiger partial charge in [0.15, 0.2) is 0 Å². The van der Waals surface area contributed by atoms with Gasteiger partial charge in [-0.05, 0) is 74.7 Å². The van der Waals surface area contributed by atoms with E-state index < -0.39 is 14.8 Å². The van der Waals surface area contributed by atoms with Gasteiger partial charge >= 0.3 is 0 Å². The van der Waals surface area contributed by atoms with Crippen LogP contribution in [0.4, 0.5) is 0 Å². The summed E-state index contributed by atoms with van der Waals surface area (Å²) in [6, 6.07) is 9.82. The third-order valence-electron chi connectivity index (χ3n) is 6.91. The van der Waals surface area contributed by atoms with Gasteiger partial charge in [0.1, 0.15) is 4.75 Å². The molecule has 0 spiro atoms. The number of sulfonamides is 1. The summed E-state index contributed by atoms with van der Waals surface area (Å²) in [6.07, 6.45) is 8.76. The molecule has 0 radical (unpaired) electrons. The fraction of sp³-hybridized carbons (Fsp3) is 0.684. The topological polar surface area (TPSA) is 46.2 Å². The van der Waals surface area contributed by atoms with Crippen LogP contribution in [0.5, 0.6) is 0 Å². The first-order chi connectivity index (χ1) is 11.0. The molecule has 0 atom stereocenters. The summed E-state index contributed by atoms with van der Waals surface area (Å²) in [5.74, 6) is 2.28. The Morgan fingerprint density at radius 3 is 1.87 bits per heavy atom. The molecule has 5 aliphatic carbocycles. The molecule has 0 aromatic heterocycles. The second-order valence-electron chi connectivity index (χ2n) is 8.66. The van der Waals surface area contributed by atoms with Crippen molar-refractivity contribution in [3.63, 3.8) is 0 Å². The van der Waals surface area contributed by atoms with Gasteiger partial charge in [-0.1, -0.05) is 30.3 Å². The predicted molar refractivity (Wildman–Crippen MR) is 90.3 cm³/mol. The van der Waals surface area contributed by atoms with E-state index in [-0.39, 0.29) is 5.54 Å². The largest absolute Gasteiger partial charge is 0.222 e. The van der Waals surface area contributed by atoms with Crippen LogP contribution in [0.3, 0.4) is 0 Å². The molecule has 1 aromatic rings. The SMILES string of the molecule is O=S(=O)(NC12CC3CC(CC(C3)C1)C2)C1(c2ccccc2)CC1. The van der Waals surface area contributed by atoms with Crippen molar-refractivity contribution >= 4 is 10.0 Å². The minimum atomic E-state index is -3.31. The van der Waals surface area contributed by atoms with Crippen molar-refractivity contribution in [2.75, 3.05) is 0 Å². The molecule has 1 N–H and O–H groups in total. The van der Waals surface area contributed by atoms with Gasteiger partial charge in [-0.15, -0.1) is 0 Å². The van der Waals surface area contributed by atoms with Crippen LogP contribution in [0.1, 0.15) is 56.9 Å². The van der Waals surface area contributed by atoms with Gasteiger partial charge in [0, 0.05) is 5.54 Å². The Morgan fingerprint density at radius 1 is 0.870 bits per heavy atom. The molecule has 0 saturated heterocycles. The van der Waals surface area contributed by atoms with E-state index in [1.165, 1.54) is 19.3 Å². The maximum absolute atomic E-state index is 13.3. The van der Waals surface area contributed by atoms with Gasteiger partial charge in [0.05, 0.1) is 0 Å². The maximum Gasteiger partial charge on any atom is 0.222 e. The number of benzene rings is 1. The third-order valence-corrected chi connectivity index (χ3v) is 9.28. The molecule has 5 fully saturated rings. The second-order valence-corrected chi connectivity index (χ2v) is 10.7. The van der Waals surface area contributed by atoms with Crippen LogP contribution in [0, 0.1) is 17.8 Å². The molecule has 5 aliphatic rings. The number of hydrogen-bond donors (Lipinski definition) is 1. The van der Waals surface area contributed by atoms with Gasteiger partial charge in [0.2, 0.25) is 10.0 Å². The molecule has 0 amide bonds. The average molecular weight is 331 g/mol. The van der Waals surface area contributed by atoms with E-state index in [9.17, 15) is 8.42 Å². The molecule has 5 saturated carbocycles. The zero-order valence-corrected chi connectivity index (χ0v) is 14.3. The number of nitrogens with one attached hydrogen (secondary N) is 1. The Bertz CT molecular complexity index is 686. The van der Waals surface area contributed by atoms with Crippen LogP contribution in [0.2, 0.25) is 0 Å². The van der Waals surface area contributed by atoms with E-state index in [2.05, 4.69) is 4.72 Å².